The van der Waals surface area contributed by atoms with Gasteiger partial charge in [0.2, 0.25) is 7.37 Å². The lowest BCUT2D eigenvalue weighted by Crippen LogP contribution is -2.13. The number of hydrogen-bond acceptors (Lipinski definition) is 3. The summed E-state index contributed by atoms with van der Waals surface area (Å²) in [5.41, 5.74) is 5.49. The molecular weight excluding hydrogens is 185 g/mol. The van der Waals surface area contributed by atoms with Crippen molar-refractivity contribution in [2.75, 3.05) is 19.8 Å². The molecule has 0 aromatic carbocycles. The molecule has 0 aliphatic heterocycles. The minimum absolute atomic E-state index is 0.0799. The second-order valence-corrected chi connectivity index (χ2v) is 6.98. The third kappa shape index (κ3) is 5.45. The standard InChI is InChI=1S/C9H22NO2P/c1-8(2)7-12-13(4,11)9(3)5-6-10/h8-9H,5-7,10H2,1-4H3. The molecule has 0 saturated carbocycles. The van der Waals surface area contributed by atoms with Gasteiger partial charge in [0.1, 0.15) is 0 Å². The Balaban J connectivity index is 3.98. The first-order valence-corrected chi connectivity index (χ1v) is 6.96. The van der Waals surface area contributed by atoms with Crippen LogP contribution < -0.4 is 5.73 Å². The van der Waals surface area contributed by atoms with Crippen LogP contribution in [0.25, 0.3) is 0 Å². The van der Waals surface area contributed by atoms with Crippen molar-refractivity contribution in [1.82, 2.24) is 0 Å². The van der Waals surface area contributed by atoms with Crippen LogP contribution in [0, 0.1) is 5.92 Å². The minimum Gasteiger partial charge on any atom is -0.330 e. The highest BCUT2D eigenvalue weighted by Gasteiger charge is 2.24. The van der Waals surface area contributed by atoms with Crippen LogP contribution in [0.15, 0.2) is 0 Å². The molecule has 3 nitrogen and oxygen atoms in total. The smallest absolute Gasteiger partial charge is 0.202 e. The maximum Gasteiger partial charge on any atom is 0.202 e. The van der Waals surface area contributed by atoms with Gasteiger partial charge in [0, 0.05) is 12.3 Å². The van der Waals surface area contributed by atoms with Crippen LogP contribution in [0.5, 0.6) is 0 Å². The molecule has 4 heteroatoms. The molecule has 2 N–H and O–H groups in total. The maximum absolute atomic E-state index is 11.9. The average Bonchev–Trinajstić information content (AvgIpc) is 2.01. The molecule has 80 valence electrons. The molecule has 0 amide bonds. The lowest BCUT2D eigenvalue weighted by Gasteiger charge is -2.21. The second kappa shape index (κ2) is 5.79. The Morgan fingerprint density at radius 3 is 2.31 bits per heavy atom. The average molecular weight is 207 g/mol. The summed E-state index contributed by atoms with van der Waals surface area (Å²) < 4.78 is 17.3. The van der Waals surface area contributed by atoms with Gasteiger partial charge in [-0.05, 0) is 18.9 Å². The summed E-state index contributed by atoms with van der Waals surface area (Å²) >= 11 is 0. The Hall–Kier alpha value is 0.150. The topological polar surface area (TPSA) is 52.3 Å². The molecule has 0 saturated heterocycles. The SMILES string of the molecule is CC(C)COP(C)(=O)C(C)CCN. The molecule has 0 aromatic rings. The van der Waals surface area contributed by atoms with Crippen molar-refractivity contribution < 1.29 is 9.09 Å². The third-order valence-electron chi connectivity index (χ3n) is 2.05. The zero-order valence-corrected chi connectivity index (χ0v) is 10.0. The highest BCUT2D eigenvalue weighted by Crippen LogP contribution is 2.49. The van der Waals surface area contributed by atoms with Crippen molar-refractivity contribution in [3.63, 3.8) is 0 Å². The van der Waals surface area contributed by atoms with Gasteiger partial charge in [-0.25, -0.2) is 0 Å². The Morgan fingerprint density at radius 2 is 1.92 bits per heavy atom. The molecule has 2 unspecified atom stereocenters. The lowest BCUT2D eigenvalue weighted by atomic mass is 10.2. The lowest BCUT2D eigenvalue weighted by molar-refractivity contribution is 0.268. The zero-order chi connectivity index (χ0) is 10.5. The predicted octanol–water partition coefficient (Wildman–Crippen LogP) is 2.30. The van der Waals surface area contributed by atoms with Crippen LogP contribution in [0.2, 0.25) is 0 Å². The summed E-state index contributed by atoms with van der Waals surface area (Å²) in [7, 11) is -2.43. The van der Waals surface area contributed by atoms with Gasteiger partial charge in [-0.15, -0.1) is 0 Å². The van der Waals surface area contributed by atoms with Crippen LogP contribution in [-0.4, -0.2) is 25.5 Å². The molecule has 0 bridgehead atoms. The number of hydrogen-bond donors (Lipinski definition) is 1. The van der Waals surface area contributed by atoms with E-state index in [0.29, 0.717) is 19.1 Å². The maximum atomic E-state index is 11.9. The highest BCUT2D eigenvalue weighted by molar-refractivity contribution is 7.58. The van der Waals surface area contributed by atoms with Crippen LogP contribution in [0.1, 0.15) is 27.2 Å². The van der Waals surface area contributed by atoms with Crippen LogP contribution in [0.4, 0.5) is 0 Å². The molecule has 13 heavy (non-hydrogen) atoms. The monoisotopic (exact) mass is 207 g/mol. The van der Waals surface area contributed by atoms with Gasteiger partial charge in [0.05, 0.1) is 6.61 Å². The minimum atomic E-state index is -2.43. The molecule has 0 aromatic heterocycles. The van der Waals surface area contributed by atoms with Gasteiger partial charge >= 0.3 is 0 Å². The zero-order valence-electron chi connectivity index (χ0n) is 9.12. The van der Waals surface area contributed by atoms with E-state index in [2.05, 4.69) is 0 Å². The summed E-state index contributed by atoms with van der Waals surface area (Å²) in [5.74, 6) is 0.429. The van der Waals surface area contributed by atoms with Gasteiger partial charge in [0.15, 0.2) is 0 Å². The van der Waals surface area contributed by atoms with Crippen LogP contribution >= 0.6 is 7.37 Å². The normalized spacial score (nSPS) is 18.6. The van der Waals surface area contributed by atoms with Gasteiger partial charge < -0.3 is 10.3 Å². The fourth-order valence-corrected chi connectivity index (χ4v) is 2.37. The molecule has 0 radical (unpaired) electrons. The third-order valence-corrected chi connectivity index (χ3v) is 4.57. The van der Waals surface area contributed by atoms with E-state index in [1.807, 2.05) is 20.8 Å². The van der Waals surface area contributed by atoms with E-state index in [1.165, 1.54) is 0 Å². The molecule has 0 heterocycles. The van der Waals surface area contributed by atoms with E-state index in [9.17, 15) is 4.57 Å². The largest absolute Gasteiger partial charge is 0.330 e. The van der Waals surface area contributed by atoms with Crippen molar-refractivity contribution in [3.8, 4) is 0 Å². The highest BCUT2D eigenvalue weighted by atomic mass is 31.2. The summed E-state index contributed by atoms with van der Waals surface area (Å²) in [5, 5.41) is 0. The number of rotatable bonds is 6. The first-order valence-electron chi connectivity index (χ1n) is 4.82. The Labute approximate surface area is 81.5 Å². The molecule has 0 rings (SSSR count). The van der Waals surface area contributed by atoms with Crippen LogP contribution in [0.3, 0.4) is 0 Å². The molecule has 0 fully saturated rings. The van der Waals surface area contributed by atoms with Crippen molar-refractivity contribution >= 4 is 7.37 Å². The first kappa shape index (κ1) is 13.2. The van der Waals surface area contributed by atoms with Gasteiger partial charge in [-0.2, -0.15) is 0 Å². The van der Waals surface area contributed by atoms with Crippen molar-refractivity contribution in [1.29, 1.82) is 0 Å². The molecule has 0 spiro atoms. The van der Waals surface area contributed by atoms with Crippen molar-refractivity contribution in [2.24, 2.45) is 11.7 Å². The van der Waals surface area contributed by atoms with Crippen molar-refractivity contribution in [3.05, 3.63) is 0 Å². The molecular formula is C9H22NO2P. The number of nitrogens with two attached hydrogens (primary N) is 1. The van der Waals surface area contributed by atoms with Gasteiger partial charge in [-0.3, -0.25) is 4.57 Å². The summed E-state index contributed by atoms with van der Waals surface area (Å²) in [4.78, 5) is 0. The molecule has 0 aliphatic rings. The van der Waals surface area contributed by atoms with Crippen molar-refractivity contribution in [2.45, 2.75) is 32.9 Å². The fourth-order valence-electron chi connectivity index (χ4n) is 0.900. The van der Waals surface area contributed by atoms with Gasteiger partial charge in [-0.1, -0.05) is 20.8 Å². The predicted molar refractivity (Wildman–Crippen MR) is 57.5 cm³/mol. The fraction of sp³-hybridized carbons (Fsp3) is 1.00. The Morgan fingerprint density at radius 1 is 1.38 bits per heavy atom. The van der Waals surface area contributed by atoms with E-state index in [-0.39, 0.29) is 5.66 Å². The quantitative estimate of drug-likeness (QED) is 0.680. The molecule has 0 aliphatic carbocycles. The summed E-state index contributed by atoms with van der Waals surface area (Å²) in [6, 6.07) is 0. The first-order chi connectivity index (χ1) is 5.90. The second-order valence-electron chi connectivity index (χ2n) is 4.02. The van der Waals surface area contributed by atoms with E-state index in [1.54, 1.807) is 6.66 Å². The van der Waals surface area contributed by atoms with Crippen LogP contribution in [-0.2, 0) is 9.09 Å². The molecule has 2 atom stereocenters. The van der Waals surface area contributed by atoms with E-state index in [0.717, 1.165) is 6.42 Å². The van der Waals surface area contributed by atoms with E-state index in [4.69, 9.17) is 10.3 Å². The Kier molecular flexibility index (Phi) is 5.86. The van der Waals surface area contributed by atoms with Gasteiger partial charge in [0.25, 0.3) is 0 Å². The summed E-state index contributed by atoms with van der Waals surface area (Å²) in [6.07, 6.45) is 0.770. The van der Waals surface area contributed by atoms with E-state index >= 15 is 0 Å². The summed E-state index contributed by atoms with van der Waals surface area (Å²) in [6.45, 7) is 8.89. The Bertz CT molecular complexity index is 182. The van der Waals surface area contributed by atoms with E-state index < -0.39 is 7.37 Å².